The number of piperazine rings is 1. The molecular weight excluding hydrogens is 340 g/mol. The van der Waals surface area contributed by atoms with E-state index in [-0.39, 0.29) is 23.8 Å². The van der Waals surface area contributed by atoms with Crippen molar-refractivity contribution in [2.45, 2.75) is 18.5 Å². The van der Waals surface area contributed by atoms with E-state index in [1.807, 2.05) is 24.3 Å². The predicted molar refractivity (Wildman–Crippen MR) is 94.6 cm³/mol. The third-order valence-electron chi connectivity index (χ3n) is 5.08. The molecule has 4 rings (SSSR count). The number of nitrogens with one attached hydrogen (secondary N) is 1. The van der Waals surface area contributed by atoms with Crippen LogP contribution in [0.15, 0.2) is 42.5 Å². The highest BCUT2D eigenvalue weighted by molar-refractivity contribution is 5.90. The molecule has 2 aliphatic heterocycles. The Morgan fingerprint density at radius 1 is 1.12 bits per heavy atom. The number of rotatable bonds is 3. The summed E-state index contributed by atoms with van der Waals surface area (Å²) >= 11 is 0. The number of benzene rings is 2. The van der Waals surface area contributed by atoms with Crippen LogP contribution in [0, 0.1) is 11.6 Å². The first kappa shape index (κ1) is 16.6. The third kappa shape index (κ3) is 2.94. The quantitative estimate of drug-likeness (QED) is 0.913. The predicted octanol–water partition coefficient (Wildman–Crippen LogP) is 3.47. The van der Waals surface area contributed by atoms with Crippen molar-refractivity contribution >= 4 is 17.4 Å². The van der Waals surface area contributed by atoms with Crippen LogP contribution in [0.5, 0.6) is 5.75 Å². The molecule has 0 saturated carbocycles. The van der Waals surface area contributed by atoms with E-state index in [0.29, 0.717) is 6.54 Å². The van der Waals surface area contributed by atoms with Gasteiger partial charge in [-0.3, -0.25) is 0 Å². The Morgan fingerprint density at radius 3 is 2.50 bits per heavy atom. The van der Waals surface area contributed by atoms with Gasteiger partial charge in [0.15, 0.2) is 0 Å². The van der Waals surface area contributed by atoms with Gasteiger partial charge in [-0.2, -0.15) is 0 Å². The molecule has 2 atom stereocenters. The fourth-order valence-corrected chi connectivity index (χ4v) is 3.78. The second-order valence-corrected chi connectivity index (χ2v) is 6.60. The van der Waals surface area contributed by atoms with Crippen molar-refractivity contribution in [1.82, 2.24) is 4.90 Å². The smallest absolute Gasteiger partial charge is 0.322 e. The molecule has 0 aromatic heterocycles. The number of likely N-dealkylation sites (tertiary alicyclic amines) is 1. The van der Waals surface area contributed by atoms with Crippen molar-refractivity contribution < 1.29 is 18.3 Å². The largest absolute Gasteiger partial charge is 0.497 e. The molecule has 1 N–H and O–H groups in total. The Kier molecular flexibility index (Phi) is 4.14. The molecule has 2 aromatic carbocycles. The molecule has 2 aromatic rings. The second kappa shape index (κ2) is 6.48. The minimum atomic E-state index is -0.775. The Balaban J connectivity index is 1.42. The fraction of sp³-hybridized carbons (Fsp3) is 0.316. The Hall–Kier alpha value is -2.83. The van der Waals surface area contributed by atoms with E-state index in [1.165, 1.54) is 6.07 Å². The number of carbonyl (C=O) groups excluding carboxylic acids is 1. The molecular formula is C19H19F2N3O2. The van der Waals surface area contributed by atoms with Crippen LogP contribution >= 0.6 is 0 Å². The van der Waals surface area contributed by atoms with Gasteiger partial charge < -0.3 is 19.9 Å². The number of hydrogen-bond acceptors (Lipinski definition) is 3. The average Bonchev–Trinajstić information content (AvgIpc) is 3.25. The van der Waals surface area contributed by atoms with Crippen LogP contribution < -0.4 is 15.0 Å². The van der Waals surface area contributed by atoms with Gasteiger partial charge in [0, 0.05) is 30.9 Å². The summed E-state index contributed by atoms with van der Waals surface area (Å²) in [4.78, 5) is 16.5. The molecule has 2 saturated heterocycles. The fourth-order valence-electron chi connectivity index (χ4n) is 3.78. The van der Waals surface area contributed by atoms with Gasteiger partial charge in [-0.25, -0.2) is 13.6 Å². The summed E-state index contributed by atoms with van der Waals surface area (Å²) < 4.78 is 31.9. The van der Waals surface area contributed by atoms with Crippen molar-refractivity contribution in [3.05, 3.63) is 54.1 Å². The average molecular weight is 359 g/mol. The van der Waals surface area contributed by atoms with Gasteiger partial charge in [0.25, 0.3) is 0 Å². The van der Waals surface area contributed by atoms with E-state index in [1.54, 1.807) is 12.0 Å². The summed E-state index contributed by atoms with van der Waals surface area (Å²) in [6.45, 7) is 1.31. The van der Waals surface area contributed by atoms with Crippen LogP contribution in [0.4, 0.5) is 25.0 Å². The van der Waals surface area contributed by atoms with E-state index >= 15 is 0 Å². The van der Waals surface area contributed by atoms with Crippen molar-refractivity contribution in [1.29, 1.82) is 0 Å². The van der Waals surface area contributed by atoms with Crippen LogP contribution in [-0.2, 0) is 0 Å². The molecule has 0 aliphatic carbocycles. The van der Waals surface area contributed by atoms with Gasteiger partial charge in [0.1, 0.15) is 17.4 Å². The number of anilines is 2. The highest BCUT2D eigenvalue weighted by atomic mass is 19.1. The van der Waals surface area contributed by atoms with Crippen LogP contribution in [0.1, 0.15) is 6.42 Å². The topological polar surface area (TPSA) is 44.8 Å². The SMILES string of the molecule is COc1ccc(N2C[C@H]3C[C@@H]2CN3C(=O)Nc2ccc(F)cc2F)cc1. The van der Waals surface area contributed by atoms with Gasteiger partial charge in [-0.05, 0) is 42.8 Å². The minimum Gasteiger partial charge on any atom is -0.497 e. The van der Waals surface area contributed by atoms with Crippen molar-refractivity contribution in [2.75, 3.05) is 30.4 Å². The molecule has 5 nitrogen and oxygen atoms in total. The maximum atomic E-state index is 13.7. The summed E-state index contributed by atoms with van der Waals surface area (Å²) in [7, 11) is 1.63. The summed E-state index contributed by atoms with van der Waals surface area (Å²) in [5.74, 6) is -0.640. The van der Waals surface area contributed by atoms with E-state index in [9.17, 15) is 13.6 Å². The van der Waals surface area contributed by atoms with Gasteiger partial charge in [0.05, 0.1) is 18.8 Å². The Bertz CT molecular complexity index is 828. The number of nitrogens with zero attached hydrogens (tertiary/aromatic N) is 2. The number of ether oxygens (including phenoxy) is 1. The number of halogens is 2. The summed E-state index contributed by atoms with van der Waals surface area (Å²) in [6.07, 6.45) is 0.880. The lowest BCUT2D eigenvalue weighted by atomic mass is 10.2. The Morgan fingerprint density at radius 2 is 1.88 bits per heavy atom. The monoisotopic (exact) mass is 359 g/mol. The third-order valence-corrected chi connectivity index (χ3v) is 5.08. The van der Waals surface area contributed by atoms with Gasteiger partial charge >= 0.3 is 6.03 Å². The Labute approximate surface area is 150 Å². The summed E-state index contributed by atoms with van der Waals surface area (Å²) in [5.41, 5.74) is 1.09. The van der Waals surface area contributed by atoms with E-state index in [2.05, 4.69) is 10.2 Å². The molecule has 0 spiro atoms. The molecule has 2 bridgehead atoms. The number of fused-ring (bicyclic) bond motifs is 2. The van der Waals surface area contributed by atoms with Crippen LogP contribution in [0.2, 0.25) is 0 Å². The highest BCUT2D eigenvalue weighted by Crippen LogP contribution is 2.35. The number of carbonyl (C=O) groups is 1. The van der Waals surface area contributed by atoms with Crippen LogP contribution in [0.3, 0.4) is 0 Å². The lowest BCUT2D eigenvalue weighted by molar-refractivity contribution is 0.202. The number of hydrogen-bond donors (Lipinski definition) is 1. The zero-order valence-electron chi connectivity index (χ0n) is 14.3. The number of methoxy groups -OCH3 is 1. The molecule has 2 fully saturated rings. The molecule has 2 aliphatic rings. The first-order valence-corrected chi connectivity index (χ1v) is 8.48. The number of amides is 2. The summed E-state index contributed by atoms with van der Waals surface area (Å²) in [5, 5.41) is 2.54. The molecule has 2 amide bonds. The zero-order chi connectivity index (χ0) is 18.3. The second-order valence-electron chi connectivity index (χ2n) is 6.60. The lowest BCUT2D eigenvalue weighted by Crippen LogP contribution is -2.50. The molecule has 26 heavy (non-hydrogen) atoms. The maximum Gasteiger partial charge on any atom is 0.322 e. The maximum absolute atomic E-state index is 13.7. The standard InChI is InChI=1S/C19H19F2N3O2/c1-26-16-5-3-13(4-6-16)23-10-15-9-14(23)11-24(15)19(25)22-18-7-2-12(20)8-17(18)21/h2-8,14-15H,9-11H2,1H3,(H,22,25)/t14-,15-/m1/s1. The van der Waals surface area contributed by atoms with E-state index < -0.39 is 11.6 Å². The van der Waals surface area contributed by atoms with Gasteiger partial charge in [-0.1, -0.05) is 0 Å². The van der Waals surface area contributed by atoms with Crippen molar-refractivity contribution in [3.8, 4) is 5.75 Å². The molecule has 0 radical (unpaired) electrons. The first-order chi connectivity index (χ1) is 12.5. The van der Waals surface area contributed by atoms with Crippen LogP contribution in [0.25, 0.3) is 0 Å². The van der Waals surface area contributed by atoms with Crippen molar-refractivity contribution in [3.63, 3.8) is 0 Å². The molecule has 0 unspecified atom stereocenters. The van der Waals surface area contributed by atoms with Gasteiger partial charge in [-0.15, -0.1) is 0 Å². The van der Waals surface area contributed by atoms with Gasteiger partial charge in [0.2, 0.25) is 0 Å². The highest BCUT2D eigenvalue weighted by Gasteiger charge is 2.45. The minimum absolute atomic E-state index is 0.00816. The summed E-state index contributed by atoms with van der Waals surface area (Å²) in [6, 6.07) is 10.9. The molecule has 7 heteroatoms. The number of urea groups is 1. The van der Waals surface area contributed by atoms with Crippen LogP contribution in [-0.4, -0.2) is 43.2 Å². The lowest BCUT2D eigenvalue weighted by Gasteiger charge is -2.35. The normalized spacial score (nSPS) is 21.2. The van der Waals surface area contributed by atoms with Crippen molar-refractivity contribution in [2.24, 2.45) is 0 Å². The van der Waals surface area contributed by atoms with E-state index in [0.717, 1.165) is 36.5 Å². The molecule has 2 heterocycles. The first-order valence-electron chi connectivity index (χ1n) is 8.48. The molecule has 136 valence electrons. The zero-order valence-corrected chi connectivity index (χ0v) is 14.3. The van der Waals surface area contributed by atoms with E-state index in [4.69, 9.17) is 4.74 Å².